The zero-order valence-corrected chi connectivity index (χ0v) is 18.4. The van der Waals surface area contributed by atoms with Crippen molar-refractivity contribution in [3.05, 3.63) is 64.6 Å². The van der Waals surface area contributed by atoms with Gasteiger partial charge in [0.15, 0.2) is 0 Å². The van der Waals surface area contributed by atoms with Crippen molar-refractivity contribution in [1.82, 2.24) is 24.6 Å². The molecule has 7 nitrogen and oxygen atoms in total. The van der Waals surface area contributed by atoms with Gasteiger partial charge in [0, 0.05) is 56.8 Å². The maximum absolute atomic E-state index is 12.9. The van der Waals surface area contributed by atoms with E-state index in [1.54, 1.807) is 23.7 Å². The van der Waals surface area contributed by atoms with Crippen molar-refractivity contribution in [2.24, 2.45) is 0 Å². The van der Waals surface area contributed by atoms with Crippen LogP contribution < -0.4 is 4.90 Å². The highest BCUT2D eigenvalue weighted by atomic mass is 19.3. The van der Waals surface area contributed by atoms with E-state index < -0.39 is 6.43 Å². The summed E-state index contributed by atoms with van der Waals surface area (Å²) < 4.78 is 27.5. The third-order valence-electron chi connectivity index (χ3n) is 5.62. The number of rotatable bonds is 5. The molecule has 32 heavy (non-hydrogen) atoms. The van der Waals surface area contributed by atoms with Crippen molar-refractivity contribution < 1.29 is 13.6 Å². The van der Waals surface area contributed by atoms with Gasteiger partial charge < -0.3 is 9.80 Å². The van der Waals surface area contributed by atoms with Crippen LogP contribution in [0.5, 0.6) is 0 Å². The van der Waals surface area contributed by atoms with Gasteiger partial charge in [-0.05, 0) is 25.5 Å². The highest BCUT2D eigenvalue weighted by Crippen LogP contribution is 2.22. The molecule has 1 aromatic carbocycles. The van der Waals surface area contributed by atoms with Crippen LogP contribution in [0.15, 0.2) is 36.4 Å². The lowest BCUT2D eigenvalue weighted by atomic mass is 10.1. The maximum Gasteiger partial charge on any atom is 0.263 e. The first-order valence-electron chi connectivity index (χ1n) is 10.6. The maximum atomic E-state index is 12.9. The van der Waals surface area contributed by atoms with Gasteiger partial charge in [-0.2, -0.15) is 10.1 Å². The Bertz CT molecular complexity index is 1100. The molecule has 0 spiro atoms. The second-order valence-corrected chi connectivity index (χ2v) is 8.07. The largest absolute Gasteiger partial charge is 0.353 e. The molecule has 4 rings (SSSR count). The van der Waals surface area contributed by atoms with Crippen LogP contribution in [-0.2, 0) is 11.2 Å². The molecule has 0 aliphatic carbocycles. The average Bonchev–Trinajstić information content (AvgIpc) is 3.12. The number of piperazine rings is 1. The van der Waals surface area contributed by atoms with Gasteiger partial charge in [0.25, 0.3) is 12.4 Å². The molecule has 9 heteroatoms. The standard InChI is InChI=1S/C23H26F2N6O/c1-15-12-16(2)31(28-15)23-26-20(13-18-4-6-19(7-5-18)22(24)25)14-21(27-23)30-10-8-29(9-11-30)17(3)32/h4-7,12,14,22H,8-11,13H2,1-3H3. The molecule has 3 aromatic rings. The van der Waals surface area contributed by atoms with Crippen molar-refractivity contribution in [2.45, 2.75) is 33.6 Å². The molecule has 1 aliphatic rings. The van der Waals surface area contributed by atoms with Crippen LogP contribution in [-0.4, -0.2) is 56.7 Å². The minimum atomic E-state index is -2.49. The van der Waals surface area contributed by atoms with Crippen molar-refractivity contribution in [2.75, 3.05) is 31.1 Å². The lowest BCUT2D eigenvalue weighted by Gasteiger charge is -2.35. The zero-order chi connectivity index (χ0) is 22.8. The van der Waals surface area contributed by atoms with Crippen LogP contribution in [0.2, 0.25) is 0 Å². The molecule has 168 valence electrons. The number of hydrogen-bond donors (Lipinski definition) is 0. The van der Waals surface area contributed by atoms with Crippen LogP contribution >= 0.6 is 0 Å². The molecule has 3 heterocycles. The fourth-order valence-electron chi connectivity index (χ4n) is 3.89. The number of anilines is 1. The van der Waals surface area contributed by atoms with Crippen molar-refractivity contribution >= 4 is 11.7 Å². The van der Waals surface area contributed by atoms with Gasteiger partial charge in [0.1, 0.15) is 5.82 Å². The summed E-state index contributed by atoms with van der Waals surface area (Å²) in [7, 11) is 0. The van der Waals surface area contributed by atoms with Crippen LogP contribution in [0.3, 0.4) is 0 Å². The Morgan fingerprint density at radius 3 is 2.28 bits per heavy atom. The van der Waals surface area contributed by atoms with Crippen molar-refractivity contribution in [1.29, 1.82) is 0 Å². The van der Waals surface area contributed by atoms with Gasteiger partial charge in [-0.1, -0.05) is 24.3 Å². The van der Waals surface area contributed by atoms with E-state index >= 15 is 0 Å². The van der Waals surface area contributed by atoms with Crippen molar-refractivity contribution in [3.63, 3.8) is 0 Å². The first kappa shape index (κ1) is 21.9. The minimum Gasteiger partial charge on any atom is -0.353 e. The Balaban J connectivity index is 1.66. The number of alkyl halides is 2. The summed E-state index contributed by atoms with van der Waals surface area (Å²) in [5, 5.41) is 4.52. The smallest absolute Gasteiger partial charge is 0.263 e. The molecule has 1 amide bonds. The molecule has 0 unspecified atom stereocenters. The van der Waals surface area contributed by atoms with E-state index in [9.17, 15) is 13.6 Å². The number of hydrogen-bond acceptors (Lipinski definition) is 5. The molecule has 0 atom stereocenters. The van der Waals surface area contributed by atoms with Crippen LogP contribution in [0.1, 0.15) is 41.6 Å². The fourth-order valence-corrected chi connectivity index (χ4v) is 3.89. The Morgan fingerprint density at radius 1 is 1.03 bits per heavy atom. The van der Waals surface area contributed by atoms with E-state index in [0.717, 1.165) is 28.5 Å². The fraction of sp³-hybridized carbons (Fsp3) is 0.391. The van der Waals surface area contributed by atoms with Crippen molar-refractivity contribution in [3.8, 4) is 5.95 Å². The summed E-state index contributed by atoms with van der Waals surface area (Å²) in [6, 6.07) is 10.2. The quantitative estimate of drug-likeness (QED) is 0.608. The second-order valence-electron chi connectivity index (χ2n) is 8.07. The molecular formula is C23H26F2N6O. The Morgan fingerprint density at radius 2 is 1.72 bits per heavy atom. The normalized spacial score (nSPS) is 14.3. The molecule has 1 saturated heterocycles. The first-order chi connectivity index (χ1) is 15.3. The van der Waals surface area contributed by atoms with Crippen LogP contribution in [0.4, 0.5) is 14.6 Å². The highest BCUT2D eigenvalue weighted by molar-refractivity contribution is 5.73. The van der Waals surface area contributed by atoms with E-state index in [2.05, 4.69) is 10.00 Å². The molecule has 2 aromatic heterocycles. The molecular weight excluding hydrogens is 414 g/mol. The van der Waals surface area contributed by atoms with E-state index in [-0.39, 0.29) is 11.5 Å². The summed E-state index contributed by atoms with van der Waals surface area (Å²) >= 11 is 0. The lowest BCUT2D eigenvalue weighted by molar-refractivity contribution is -0.129. The predicted molar refractivity (Wildman–Crippen MR) is 117 cm³/mol. The Kier molecular flexibility index (Phi) is 6.16. The summed E-state index contributed by atoms with van der Waals surface area (Å²) in [5.74, 6) is 1.31. The minimum absolute atomic E-state index is 0.00352. The summed E-state index contributed by atoms with van der Waals surface area (Å²) in [6.45, 7) is 8.08. The number of halogens is 2. The monoisotopic (exact) mass is 440 g/mol. The van der Waals surface area contributed by atoms with Gasteiger partial charge in [0.05, 0.1) is 11.4 Å². The molecule has 1 fully saturated rings. The van der Waals surface area contributed by atoms with E-state index in [1.165, 1.54) is 12.1 Å². The SMILES string of the molecule is CC(=O)N1CCN(c2cc(Cc3ccc(C(F)F)cc3)nc(-n3nc(C)cc3C)n2)CC1. The van der Waals surface area contributed by atoms with Crippen LogP contribution in [0, 0.1) is 13.8 Å². The highest BCUT2D eigenvalue weighted by Gasteiger charge is 2.21. The van der Waals surface area contributed by atoms with Gasteiger partial charge in [-0.3, -0.25) is 4.79 Å². The van der Waals surface area contributed by atoms with E-state index in [0.29, 0.717) is 38.5 Å². The number of carbonyl (C=O) groups is 1. The Hall–Kier alpha value is -3.36. The first-order valence-corrected chi connectivity index (χ1v) is 10.6. The molecule has 0 bridgehead atoms. The number of carbonyl (C=O) groups excluding carboxylic acids is 1. The molecule has 0 N–H and O–H groups in total. The van der Waals surface area contributed by atoms with Gasteiger partial charge in [0.2, 0.25) is 5.91 Å². The second kappa shape index (κ2) is 9.02. The predicted octanol–water partition coefficient (Wildman–Crippen LogP) is 3.48. The number of nitrogens with zero attached hydrogens (tertiary/aromatic N) is 6. The number of aryl methyl sites for hydroxylation is 2. The van der Waals surface area contributed by atoms with Crippen LogP contribution in [0.25, 0.3) is 5.95 Å². The van der Waals surface area contributed by atoms with Gasteiger partial charge >= 0.3 is 0 Å². The third-order valence-corrected chi connectivity index (χ3v) is 5.62. The zero-order valence-electron chi connectivity index (χ0n) is 18.4. The third kappa shape index (κ3) is 4.76. The summed E-state index contributed by atoms with van der Waals surface area (Å²) in [4.78, 5) is 25.1. The summed E-state index contributed by atoms with van der Waals surface area (Å²) in [6.07, 6.45) is -2.00. The lowest BCUT2D eigenvalue weighted by Crippen LogP contribution is -2.48. The summed E-state index contributed by atoms with van der Waals surface area (Å²) in [5.41, 5.74) is 3.46. The number of aromatic nitrogens is 4. The average molecular weight is 440 g/mol. The number of benzene rings is 1. The Labute approximate surface area is 185 Å². The number of amides is 1. The van der Waals surface area contributed by atoms with Gasteiger partial charge in [-0.15, -0.1) is 0 Å². The van der Waals surface area contributed by atoms with E-state index in [1.807, 2.05) is 30.9 Å². The molecule has 0 saturated carbocycles. The van der Waals surface area contributed by atoms with E-state index in [4.69, 9.17) is 9.97 Å². The molecule has 1 aliphatic heterocycles. The topological polar surface area (TPSA) is 67.2 Å². The molecule has 0 radical (unpaired) electrons. The van der Waals surface area contributed by atoms with Gasteiger partial charge in [-0.25, -0.2) is 18.4 Å².